The summed E-state index contributed by atoms with van der Waals surface area (Å²) in [6.07, 6.45) is 7.02. The van der Waals surface area contributed by atoms with Crippen LogP contribution in [-0.2, 0) is 12.8 Å². The van der Waals surface area contributed by atoms with Crippen molar-refractivity contribution < 1.29 is 0 Å². The van der Waals surface area contributed by atoms with Crippen LogP contribution in [0, 0.1) is 0 Å². The lowest BCUT2D eigenvalue weighted by molar-refractivity contribution is 0.795. The largest absolute Gasteiger partial charge is 0.206 e. The molecular weight excluding hydrogens is 637 g/mol. The molecule has 6 aromatic carbocycles. The predicted molar refractivity (Wildman–Crippen MR) is 219 cm³/mol. The van der Waals surface area contributed by atoms with Crippen LogP contribution in [0.2, 0.25) is 0 Å². The average molecular weight is 681 g/mol. The van der Waals surface area contributed by atoms with Gasteiger partial charge in [0.25, 0.3) is 0 Å². The maximum Gasteiger partial charge on any atom is 0.0730 e. The Morgan fingerprint density at radius 3 is 1.14 bits per heavy atom. The number of aliphatic imine (C=N–C) groups is 2. The molecule has 0 fully saturated rings. The first-order chi connectivity index (χ1) is 25.2. The van der Waals surface area contributed by atoms with Crippen molar-refractivity contribution in [2.75, 3.05) is 0 Å². The summed E-state index contributed by atoms with van der Waals surface area (Å²) in [7, 11) is 0. The normalized spacial score (nSPS) is 10.5. The Hall–Kier alpha value is -5.43. The van der Waals surface area contributed by atoms with Crippen molar-refractivity contribution in [2.45, 2.75) is 62.2 Å². The smallest absolute Gasteiger partial charge is 0.0730 e. The Balaban J connectivity index is 1.21. The van der Waals surface area contributed by atoms with Crippen LogP contribution in [0.15, 0.2) is 178 Å². The van der Waals surface area contributed by atoms with Crippen LogP contribution in [-0.4, -0.2) is 11.7 Å². The molecule has 0 radical (unpaired) electrons. The highest BCUT2D eigenvalue weighted by Crippen LogP contribution is 2.32. The number of nitrogens with zero attached hydrogens (tertiary/aromatic N) is 2. The number of aryl methyl sites for hydroxylation is 2. The fourth-order valence-corrected chi connectivity index (χ4v) is 6.61. The second-order valence-electron chi connectivity index (χ2n) is 12.6. The van der Waals surface area contributed by atoms with E-state index >= 15 is 0 Å². The second kappa shape index (κ2) is 18.5. The first-order valence-corrected chi connectivity index (χ1v) is 18.8. The molecule has 6 rings (SSSR count). The number of unbranched alkanes of at least 4 members (excludes halogenated alkanes) is 2. The summed E-state index contributed by atoms with van der Waals surface area (Å²) in [5.41, 5.74) is 10.8. The van der Waals surface area contributed by atoms with Crippen molar-refractivity contribution in [1.82, 2.24) is 0 Å². The molecule has 252 valence electrons. The summed E-state index contributed by atoms with van der Waals surface area (Å²) in [5, 5.41) is 0. The standard InChI is InChI=1S/C48H44N2S/c1-3-5-13-37-19-27-43(28-20-37)49-35-47(39-15-9-7-10-16-39)41-23-31-45(32-24-41)51-46-33-25-42(26-34-46)48(40-17-11-8-12-18-40)36-50-44-29-21-38(22-30-44)14-6-4-2/h7-12,15-34H,3-6,13-14H2,1-2H3. The van der Waals surface area contributed by atoms with Crippen molar-refractivity contribution in [3.63, 3.8) is 0 Å². The van der Waals surface area contributed by atoms with E-state index in [0.29, 0.717) is 0 Å². The monoisotopic (exact) mass is 680 g/mol. The lowest BCUT2D eigenvalue weighted by atomic mass is 9.99. The molecule has 0 N–H and O–H groups in total. The van der Waals surface area contributed by atoms with Crippen LogP contribution in [0.4, 0.5) is 11.4 Å². The lowest BCUT2D eigenvalue weighted by Crippen LogP contribution is -1.90. The van der Waals surface area contributed by atoms with Crippen LogP contribution >= 0.6 is 11.8 Å². The van der Waals surface area contributed by atoms with E-state index < -0.39 is 0 Å². The summed E-state index contributed by atoms with van der Waals surface area (Å²) in [6, 6.07) is 55.2. The van der Waals surface area contributed by atoms with E-state index in [0.717, 1.165) is 57.6 Å². The van der Waals surface area contributed by atoms with Crippen LogP contribution in [0.3, 0.4) is 0 Å². The van der Waals surface area contributed by atoms with Gasteiger partial charge in [-0.3, -0.25) is 0 Å². The van der Waals surface area contributed by atoms with Gasteiger partial charge in [0, 0.05) is 9.79 Å². The summed E-state index contributed by atoms with van der Waals surface area (Å²) >= 11 is 1.75. The molecule has 2 nitrogen and oxygen atoms in total. The molecule has 0 aliphatic carbocycles. The highest BCUT2D eigenvalue weighted by Gasteiger charge is 2.08. The van der Waals surface area contributed by atoms with E-state index in [-0.39, 0.29) is 0 Å². The van der Waals surface area contributed by atoms with E-state index in [4.69, 9.17) is 9.98 Å². The Morgan fingerprint density at radius 1 is 0.431 bits per heavy atom. The van der Waals surface area contributed by atoms with Gasteiger partial charge in [-0.1, -0.05) is 148 Å². The summed E-state index contributed by atoms with van der Waals surface area (Å²) < 4.78 is 0. The molecule has 0 amide bonds. The molecule has 0 aliphatic rings. The first kappa shape index (κ1) is 35.4. The maximum absolute atomic E-state index is 4.75. The Labute approximate surface area is 308 Å². The van der Waals surface area contributed by atoms with Crippen LogP contribution < -0.4 is 0 Å². The van der Waals surface area contributed by atoms with Gasteiger partial charge in [-0.25, -0.2) is 9.98 Å². The second-order valence-corrected chi connectivity index (χ2v) is 13.8. The van der Waals surface area contributed by atoms with Crippen molar-refractivity contribution in [3.05, 3.63) is 191 Å². The van der Waals surface area contributed by atoms with Crippen molar-refractivity contribution in [1.29, 1.82) is 0 Å². The number of hydrogen-bond acceptors (Lipinski definition) is 3. The summed E-state index contributed by atoms with van der Waals surface area (Å²) in [4.78, 5) is 11.8. The molecule has 0 aliphatic heterocycles. The molecule has 0 aromatic heterocycles. The fraction of sp³-hybridized carbons (Fsp3) is 0.167. The molecule has 0 saturated heterocycles. The molecule has 0 unspecified atom stereocenters. The van der Waals surface area contributed by atoms with Crippen LogP contribution in [0.25, 0.3) is 11.1 Å². The zero-order valence-corrected chi connectivity index (χ0v) is 30.4. The topological polar surface area (TPSA) is 24.7 Å². The van der Waals surface area contributed by atoms with Crippen molar-refractivity contribution in [3.8, 4) is 0 Å². The predicted octanol–water partition coefficient (Wildman–Crippen LogP) is 13.4. The van der Waals surface area contributed by atoms with Gasteiger partial charge in [-0.05, 0) is 119 Å². The van der Waals surface area contributed by atoms with E-state index in [9.17, 15) is 0 Å². The van der Waals surface area contributed by atoms with Gasteiger partial charge in [0.15, 0.2) is 0 Å². The highest BCUT2D eigenvalue weighted by molar-refractivity contribution is 7.99. The third kappa shape index (κ3) is 10.3. The minimum absolute atomic E-state index is 0.910. The Kier molecular flexibility index (Phi) is 12.9. The molecule has 3 heteroatoms. The molecule has 0 saturated carbocycles. The molecular formula is C48H44N2S. The van der Waals surface area contributed by atoms with Gasteiger partial charge in [0.2, 0.25) is 0 Å². The quantitative estimate of drug-likeness (QED) is 0.105. The molecule has 0 spiro atoms. The first-order valence-electron chi connectivity index (χ1n) is 18.0. The van der Waals surface area contributed by atoms with E-state index in [2.05, 4.69) is 171 Å². The molecule has 0 heterocycles. The number of rotatable bonds is 14. The fourth-order valence-electron chi connectivity index (χ4n) is 5.79. The van der Waals surface area contributed by atoms with E-state index in [1.54, 1.807) is 11.8 Å². The van der Waals surface area contributed by atoms with Gasteiger partial charge in [-0.2, -0.15) is 0 Å². The lowest BCUT2D eigenvalue weighted by Gasteiger charge is -2.09. The van der Waals surface area contributed by atoms with Gasteiger partial charge in [0.05, 0.1) is 22.5 Å². The van der Waals surface area contributed by atoms with E-state index in [1.165, 1.54) is 46.6 Å². The van der Waals surface area contributed by atoms with Gasteiger partial charge in [-0.15, -0.1) is 0 Å². The SMILES string of the molecule is CCCCc1ccc(N=C=C(c2ccccc2)c2ccc(Sc3ccc(C(=C=Nc4ccc(CCCC)cc4)c4ccccc4)cc3)cc2)cc1. The number of hydrogen-bond donors (Lipinski definition) is 0. The maximum atomic E-state index is 4.75. The Bertz CT molecular complexity index is 1940. The molecule has 0 bridgehead atoms. The summed E-state index contributed by atoms with van der Waals surface area (Å²) in [6.45, 7) is 4.45. The van der Waals surface area contributed by atoms with E-state index in [1.807, 2.05) is 12.1 Å². The average Bonchev–Trinajstić information content (AvgIpc) is 3.19. The zero-order valence-electron chi connectivity index (χ0n) is 29.6. The third-order valence-corrected chi connectivity index (χ3v) is 9.77. The molecule has 6 aromatic rings. The van der Waals surface area contributed by atoms with Gasteiger partial charge < -0.3 is 0 Å². The van der Waals surface area contributed by atoms with Crippen molar-refractivity contribution >= 4 is 46.0 Å². The third-order valence-electron chi connectivity index (χ3n) is 8.75. The van der Waals surface area contributed by atoms with Crippen LogP contribution in [0.1, 0.15) is 72.9 Å². The minimum atomic E-state index is 0.910. The minimum Gasteiger partial charge on any atom is -0.206 e. The highest BCUT2D eigenvalue weighted by atomic mass is 32.2. The molecule has 0 atom stereocenters. The van der Waals surface area contributed by atoms with Gasteiger partial charge in [0.1, 0.15) is 0 Å². The number of benzene rings is 6. The zero-order chi connectivity index (χ0) is 35.1. The molecule has 51 heavy (non-hydrogen) atoms. The summed E-state index contributed by atoms with van der Waals surface area (Å²) in [5.74, 6) is 6.76. The van der Waals surface area contributed by atoms with Crippen molar-refractivity contribution in [2.24, 2.45) is 9.98 Å². The van der Waals surface area contributed by atoms with Crippen LogP contribution in [0.5, 0.6) is 0 Å². The van der Waals surface area contributed by atoms with Gasteiger partial charge >= 0.3 is 0 Å². The Morgan fingerprint density at radius 2 is 0.784 bits per heavy atom.